The molecule has 2 aliphatic heterocycles. The van der Waals surface area contributed by atoms with E-state index in [0.717, 1.165) is 5.56 Å². The third-order valence-electron chi connectivity index (χ3n) is 6.52. The summed E-state index contributed by atoms with van der Waals surface area (Å²) >= 11 is 0. The van der Waals surface area contributed by atoms with E-state index in [2.05, 4.69) is 15.6 Å². The normalized spacial score (nSPS) is 20.6. The van der Waals surface area contributed by atoms with Crippen LogP contribution in [0, 0.1) is 17.8 Å². The van der Waals surface area contributed by atoms with Crippen molar-refractivity contribution < 1.29 is 29.1 Å². The van der Waals surface area contributed by atoms with Crippen LogP contribution in [0.4, 0.5) is 0 Å². The molecule has 13 heteroatoms. The van der Waals surface area contributed by atoms with Crippen LogP contribution in [-0.4, -0.2) is 60.0 Å². The molecule has 0 saturated carbocycles. The lowest BCUT2D eigenvalue weighted by molar-refractivity contribution is -0.142. The molecule has 2 heterocycles. The van der Waals surface area contributed by atoms with Crippen molar-refractivity contribution in [2.24, 2.45) is 39.9 Å². The molecule has 216 valence electrons. The first-order valence-corrected chi connectivity index (χ1v) is 13.1. The van der Waals surface area contributed by atoms with Gasteiger partial charge >= 0.3 is 0 Å². The lowest BCUT2D eigenvalue weighted by atomic mass is 9.81. The number of rotatable bonds is 10. The number of carbonyl (C=O) groups is 4. The van der Waals surface area contributed by atoms with Crippen molar-refractivity contribution in [2.75, 3.05) is 13.2 Å². The molecule has 4 atom stereocenters. The minimum absolute atomic E-state index is 0.0495. The number of amides is 4. The molecule has 0 saturated heterocycles. The number of benzene rings is 1. The fourth-order valence-electron chi connectivity index (χ4n) is 4.56. The van der Waals surface area contributed by atoms with Crippen LogP contribution in [-0.2, 0) is 25.6 Å². The highest BCUT2D eigenvalue weighted by molar-refractivity contribution is 5.93. The number of aliphatic imine (C=N–C) groups is 1. The first-order chi connectivity index (χ1) is 18.5. The number of hydrogen-bond acceptors (Lipinski definition) is 7. The number of nitrogens with two attached hydrogens (primary N) is 3. The molecule has 3 rings (SSSR count). The van der Waals surface area contributed by atoms with Crippen LogP contribution >= 0.6 is 0 Å². The number of fused-ring (bicyclic) bond motifs is 11. The summed E-state index contributed by atoms with van der Waals surface area (Å²) in [5.74, 6) is -3.60. The lowest BCUT2D eigenvalue weighted by Gasteiger charge is -2.29. The van der Waals surface area contributed by atoms with Crippen LogP contribution in [0.3, 0.4) is 0 Å². The van der Waals surface area contributed by atoms with Gasteiger partial charge in [0.2, 0.25) is 23.6 Å². The Morgan fingerprint density at radius 3 is 2.44 bits per heavy atom. The molecule has 39 heavy (non-hydrogen) atoms. The second-order valence-electron chi connectivity index (χ2n) is 10.1. The van der Waals surface area contributed by atoms with E-state index in [4.69, 9.17) is 21.9 Å². The average molecular weight is 548 g/mol. The summed E-state index contributed by atoms with van der Waals surface area (Å²) < 4.78 is 5.77. The molecule has 0 fully saturated rings. The molecule has 13 nitrogen and oxygen atoms in total. The Balaban J connectivity index is 2.35. The summed E-state index contributed by atoms with van der Waals surface area (Å²) in [6.07, 6.45) is 1.79. The fraction of sp³-hybridized carbons (Fsp3) is 0.577. The van der Waals surface area contributed by atoms with Gasteiger partial charge in [0.15, 0.2) is 5.96 Å². The third kappa shape index (κ3) is 10.4. The molecule has 0 aromatic heterocycles. The van der Waals surface area contributed by atoms with Crippen molar-refractivity contribution in [1.29, 1.82) is 0 Å². The van der Waals surface area contributed by atoms with Crippen LogP contribution in [0.15, 0.2) is 29.3 Å². The van der Waals surface area contributed by atoms with Gasteiger partial charge < -0.3 is 32.6 Å². The SMILES string of the molecule is CC(C)C[C@H]1C(=O)NC(C(=O)N[C@@H](CCCN=C(N)N)C(N)=O)Cc2ccc(cc2)OCCC[C@@H]1C(=O)NO. The topological polar surface area (TPSA) is 224 Å². The largest absolute Gasteiger partial charge is 0.494 e. The molecule has 0 spiro atoms. The Bertz CT molecular complexity index is 1010. The molecular formula is C26H41N7O6. The van der Waals surface area contributed by atoms with Crippen LogP contribution in [0.2, 0.25) is 0 Å². The predicted octanol–water partition coefficient (Wildman–Crippen LogP) is -0.306. The Hall–Kier alpha value is -3.87. The van der Waals surface area contributed by atoms with Gasteiger partial charge in [-0.1, -0.05) is 26.0 Å². The highest BCUT2D eigenvalue weighted by Gasteiger charge is 2.36. The number of primary amides is 1. The van der Waals surface area contributed by atoms with Crippen molar-refractivity contribution in [2.45, 2.75) is 64.5 Å². The number of hydrogen-bond donors (Lipinski definition) is 7. The maximum atomic E-state index is 13.6. The van der Waals surface area contributed by atoms with Gasteiger partial charge in [-0.25, -0.2) is 5.48 Å². The van der Waals surface area contributed by atoms with E-state index in [1.54, 1.807) is 29.7 Å². The Morgan fingerprint density at radius 2 is 1.85 bits per heavy atom. The Labute approximate surface area is 228 Å². The summed E-state index contributed by atoms with van der Waals surface area (Å²) in [5, 5.41) is 14.8. The quantitative estimate of drug-likeness (QED) is 0.0675. The Morgan fingerprint density at radius 1 is 1.15 bits per heavy atom. The lowest BCUT2D eigenvalue weighted by Crippen LogP contribution is -2.55. The van der Waals surface area contributed by atoms with Gasteiger partial charge in [0.25, 0.3) is 0 Å². The summed E-state index contributed by atoms with van der Waals surface area (Å²) in [4.78, 5) is 55.5. The highest BCUT2D eigenvalue weighted by Crippen LogP contribution is 2.27. The zero-order valence-corrected chi connectivity index (χ0v) is 22.5. The number of guanidine groups is 1. The van der Waals surface area contributed by atoms with Crippen LogP contribution in [0.5, 0.6) is 5.75 Å². The number of nitrogens with one attached hydrogen (secondary N) is 3. The minimum atomic E-state index is -1.07. The molecule has 1 unspecified atom stereocenters. The summed E-state index contributed by atoms with van der Waals surface area (Å²) in [6.45, 7) is 4.41. The van der Waals surface area contributed by atoms with Gasteiger partial charge in [-0.3, -0.25) is 29.4 Å². The van der Waals surface area contributed by atoms with E-state index in [1.807, 2.05) is 13.8 Å². The van der Waals surface area contributed by atoms with E-state index in [-0.39, 0.29) is 37.7 Å². The van der Waals surface area contributed by atoms with Gasteiger partial charge in [-0.2, -0.15) is 0 Å². The van der Waals surface area contributed by atoms with Crippen molar-refractivity contribution in [3.63, 3.8) is 0 Å². The number of ether oxygens (including phenoxy) is 1. The summed E-state index contributed by atoms with van der Waals surface area (Å²) in [5.41, 5.74) is 18.6. The predicted molar refractivity (Wildman–Crippen MR) is 144 cm³/mol. The van der Waals surface area contributed by atoms with E-state index < -0.39 is 47.5 Å². The molecule has 1 aromatic rings. The molecule has 2 aliphatic rings. The van der Waals surface area contributed by atoms with Gasteiger partial charge in [0.05, 0.1) is 12.5 Å². The second-order valence-corrected chi connectivity index (χ2v) is 10.1. The average Bonchev–Trinajstić information content (AvgIpc) is 2.88. The smallest absolute Gasteiger partial charge is 0.247 e. The molecule has 10 N–H and O–H groups in total. The van der Waals surface area contributed by atoms with Gasteiger partial charge in [0.1, 0.15) is 17.8 Å². The monoisotopic (exact) mass is 547 g/mol. The van der Waals surface area contributed by atoms with Crippen LogP contribution < -0.4 is 38.1 Å². The number of hydroxylamine groups is 1. The zero-order chi connectivity index (χ0) is 28.9. The minimum Gasteiger partial charge on any atom is -0.494 e. The number of carbonyl (C=O) groups excluding carboxylic acids is 4. The molecule has 1 aromatic carbocycles. The first kappa shape index (κ1) is 31.3. The van der Waals surface area contributed by atoms with Crippen molar-refractivity contribution in [3.8, 4) is 5.75 Å². The second kappa shape index (κ2) is 15.5. The van der Waals surface area contributed by atoms with Gasteiger partial charge in [-0.15, -0.1) is 0 Å². The summed E-state index contributed by atoms with van der Waals surface area (Å²) in [7, 11) is 0. The van der Waals surface area contributed by atoms with E-state index in [9.17, 15) is 24.4 Å². The van der Waals surface area contributed by atoms with E-state index >= 15 is 0 Å². The van der Waals surface area contributed by atoms with Crippen LogP contribution in [0.25, 0.3) is 0 Å². The molecular weight excluding hydrogens is 506 g/mol. The first-order valence-electron chi connectivity index (χ1n) is 13.1. The van der Waals surface area contributed by atoms with Crippen LogP contribution in [0.1, 0.15) is 51.5 Å². The maximum Gasteiger partial charge on any atom is 0.247 e. The van der Waals surface area contributed by atoms with Gasteiger partial charge in [-0.05, 0) is 55.7 Å². The van der Waals surface area contributed by atoms with E-state index in [1.165, 1.54) is 0 Å². The number of nitrogens with zero attached hydrogens (tertiary/aromatic N) is 1. The Kier molecular flexibility index (Phi) is 12.5. The standard InChI is InChI=1S/C26H41N7O6/c1-15(2)13-19-18(24(36)33-38)5-4-12-39-17-9-7-16(8-10-17)14-21(32-23(19)35)25(37)31-20(22(27)34)6-3-11-30-26(28)29/h7-10,15,18-21,38H,3-6,11-14H2,1-2H3,(H2,27,34)(H,31,37)(H,32,35)(H,33,36)(H4,28,29,30)/t18-,19+,20-,21?/m0/s1. The molecule has 0 radical (unpaired) electrons. The molecule has 2 bridgehead atoms. The zero-order valence-electron chi connectivity index (χ0n) is 22.5. The fourth-order valence-corrected chi connectivity index (χ4v) is 4.56. The summed E-state index contributed by atoms with van der Waals surface area (Å²) in [6, 6.07) is 5.02. The molecule has 0 aliphatic carbocycles. The van der Waals surface area contributed by atoms with Crippen molar-refractivity contribution in [3.05, 3.63) is 29.8 Å². The van der Waals surface area contributed by atoms with E-state index in [0.29, 0.717) is 31.6 Å². The maximum absolute atomic E-state index is 13.6. The third-order valence-corrected chi connectivity index (χ3v) is 6.52. The molecule has 4 amide bonds. The highest BCUT2D eigenvalue weighted by atomic mass is 16.5. The van der Waals surface area contributed by atoms with Crippen molar-refractivity contribution in [1.82, 2.24) is 16.1 Å². The van der Waals surface area contributed by atoms with Crippen molar-refractivity contribution >= 4 is 29.6 Å². The van der Waals surface area contributed by atoms with Gasteiger partial charge in [0, 0.05) is 18.9 Å².